The van der Waals surface area contributed by atoms with Gasteiger partial charge in [0, 0.05) is 24.2 Å². The summed E-state index contributed by atoms with van der Waals surface area (Å²) < 4.78 is 28.9. The Bertz CT molecular complexity index is 731. The molecule has 0 amide bonds. The van der Waals surface area contributed by atoms with Gasteiger partial charge in [-0.1, -0.05) is 12.8 Å². The summed E-state index contributed by atoms with van der Waals surface area (Å²) in [6.45, 7) is -0.120. The van der Waals surface area contributed by atoms with Gasteiger partial charge in [0.2, 0.25) is 0 Å². The van der Waals surface area contributed by atoms with Crippen molar-refractivity contribution >= 4 is 32.1 Å². The first-order chi connectivity index (χ1) is 10.1. The molecule has 2 aromatic rings. The van der Waals surface area contributed by atoms with E-state index < -0.39 is 10.0 Å². The van der Waals surface area contributed by atoms with Gasteiger partial charge in [0.1, 0.15) is 0 Å². The molecule has 0 aliphatic heterocycles. The quantitative estimate of drug-likeness (QED) is 0.848. The first-order valence-electron chi connectivity index (χ1n) is 6.89. The third-order valence-corrected chi connectivity index (χ3v) is 6.60. The molecule has 0 atom stereocenters. The fraction of sp³-hybridized carbons (Fsp3) is 0.583. The monoisotopic (exact) mass is 330 g/mol. The summed E-state index contributed by atoms with van der Waals surface area (Å²) in [5, 5.41) is 11.0. The zero-order valence-electron chi connectivity index (χ0n) is 11.5. The molecular weight excluding hydrogens is 312 g/mol. The van der Waals surface area contributed by atoms with Crippen LogP contribution >= 0.6 is 11.3 Å². The number of aliphatic hydroxyl groups is 1. The number of anilines is 1. The van der Waals surface area contributed by atoms with Crippen molar-refractivity contribution in [3.8, 4) is 0 Å². The summed E-state index contributed by atoms with van der Waals surface area (Å²) >= 11 is 1.34. The molecule has 0 saturated heterocycles. The van der Waals surface area contributed by atoms with Crippen LogP contribution < -0.4 is 5.73 Å². The van der Waals surface area contributed by atoms with E-state index in [9.17, 15) is 13.5 Å². The van der Waals surface area contributed by atoms with Gasteiger partial charge in [-0.2, -0.15) is 4.31 Å². The van der Waals surface area contributed by atoms with Crippen molar-refractivity contribution < 1.29 is 13.5 Å². The smallest absolute Gasteiger partial charge is 0.263 e. The van der Waals surface area contributed by atoms with E-state index in [1.165, 1.54) is 20.0 Å². The fourth-order valence-corrected chi connectivity index (χ4v) is 5.57. The molecule has 0 radical (unpaired) electrons. The van der Waals surface area contributed by atoms with Crippen LogP contribution in [0.25, 0.3) is 4.96 Å². The maximum Gasteiger partial charge on any atom is 0.263 e. The van der Waals surface area contributed by atoms with Crippen molar-refractivity contribution in [1.29, 1.82) is 0 Å². The Balaban J connectivity index is 2.08. The highest BCUT2D eigenvalue weighted by atomic mass is 32.2. The number of nitrogens with zero attached hydrogens (tertiary/aromatic N) is 3. The van der Waals surface area contributed by atoms with Gasteiger partial charge in [-0.15, -0.1) is 11.3 Å². The predicted molar refractivity (Wildman–Crippen MR) is 80.7 cm³/mol. The van der Waals surface area contributed by atoms with Crippen LogP contribution in [0.15, 0.2) is 16.6 Å². The number of aromatic nitrogens is 2. The number of hydrogen-bond donors (Lipinski definition) is 2. The fourth-order valence-electron chi connectivity index (χ4n) is 2.94. The van der Waals surface area contributed by atoms with Gasteiger partial charge in [-0.05, 0) is 12.8 Å². The summed E-state index contributed by atoms with van der Waals surface area (Å²) in [7, 11) is -3.78. The van der Waals surface area contributed by atoms with E-state index in [1.807, 2.05) is 0 Å². The molecule has 116 valence electrons. The van der Waals surface area contributed by atoms with Crippen LogP contribution in [0.5, 0.6) is 0 Å². The first kappa shape index (κ1) is 14.8. The number of fused-ring (bicyclic) bond motifs is 1. The Morgan fingerprint density at radius 1 is 1.48 bits per heavy atom. The number of nitrogen functional groups attached to an aromatic ring is 1. The van der Waals surface area contributed by atoms with Crippen molar-refractivity contribution in [3.05, 3.63) is 11.6 Å². The molecule has 0 aromatic carbocycles. The van der Waals surface area contributed by atoms with Crippen LogP contribution in [0.1, 0.15) is 25.7 Å². The molecule has 3 rings (SSSR count). The third-order valence-electron chi connectivity index (χ3n) is 3.85. The molecule has 1 aliphatic carbocycles. The van der Waals surface area contributed by atoms with Gasteiger partial charge < -0.3 is 10.8 Å². The van der Waals surface area contributed by atoms with Gasteiger partial charge in [0.25, 0.3) is 10.0 Å². The Labute approximate surface area is 127 Å². The first-order valence-corrected chi connectivity index (χ1v) is 9.21. The summed E-state index contributed by atoms with van der Waals surface area (Å²) in [4.78, 5) is 4.66. The van der Waals surface area contributed by atoms with E-state index in [2.05, 4.69) is 4.98 Å². The summed E-state index contributed by atoms with van der Waals surface area (Å²) in [5.41, 5.74) is 5.82. The van der Waals surface area contributed by atoms with Crippen LogP contribution in [0, 0.1) is 0 Å². The van der Waals surface area contributed by atoms with E-state index >= 15 is 0 Å². The number of thiazole rings is 1. The molecule has 1 saturated carbocycles. The molecule has 21 heavy (non-hydrogen) atoms. The molecule has 1 fully saturated rings. The van der Waals surface area contributed by atoms with E-state index in [4.69, 9.17) is 5.73 Å². The largest absolute Gasteiger partial charge is 0.395 e. The normalized spacial score (nSPS) is 17.2. The van der Waals surface area contributed by atoms with Gasteiger partial charge >= 0.3 is 0 Å². The number of imidazole rings is 1. The molecule has 0 unspecified atom stereocenters. The Morgan fingerprint density at radius 3 is 2.86 bits per heavy atom. The standard InChI is InChI=1S/C12H18N4O3S2/c13-10-11(15-6-8-20-12(15)14-10)21(18,19)16(5-7-17)9-3-1-2-4-9/h6,8-9,17H,1-5,7,13H2. The predicted octanol–water partition coefficient (Wildman–Crippen LogP) is 0.904. The molecule has 9 heteroatoms. The van der Waals surface area contributed by atoms with Crippen LogP contribution in [0.4, 0.5) is 5.82 Å². The average Bonchev–Trinajstić information content (AvgIpc) is 3.11. The number of nitrogens with two attached hydrogens (primary N) is 1. The number of sulfonamides is 1. The van der Waals surface area contributed by atoms with E-state index in [0.717, 1.165) is 25.7 Å². The molecule has 1 aliphatic rings. The molecule has 7 nitrogen and oxygen atoms in total. The highest BCUT2D eigenvalue weighted by Gasteiger charge is 2.36. The minimum atomic E-state index is -3.78. The minimum absolute atomic E-state index is 0.0131. The van der Waals surface area contributed by atoms with Crippen LogP contribution in [0.3, 0.4) is 0 Å². The van der Waals surface area contributed by atoms with Crippen molar-refractivity contribution in [2.75, 3.05) is 18.9 Å². The highest BCUT2D eigenvalue weighted by Crippen LogP contribution is 2.31. The zero-order valence-corrected chi connectivity index (χ0v) is 13.1. The van der Waals surface area contributed by atoms with Crippen molar-refractivity contribution in [2.45, 2.75) is 36.8 Å². The van der Waals surface area contributed by atoms with Crippen LogP contribution in [-0.4, -0.2) is 46.4 Å². The van der Waals surface area contributed by atoms with Crippen LogP contribution in [0.2, 0.25) is 0 Å². The van der Waals surface area contributed by atoms with Crippen molar-refractivity contribution in [2.24, 2.45) is 0 Å². The van der Waals surface area contributed by atoms with E-state index in [1.54, 1.807) is 11.6 Å². The summed E-state index contributed by atoms with van der Waals surface area (Å²) in [6, 6.07) is -0.0641. The number of rotatable bonds is 5. The maximum atomic E-state index is 13.0. The van der Waals surface area contributed by atoms with Crippen LogP contribution in [-0.2, 0) is 10.0 Å². The second-order valence-electron chi connectivity index (χ2n) is 5.14. The summed E-state index contributed by atoms with van der Waals surface area (Å²) in [5.74, 6) is 0.0165. The Hall–Kier alpha value is -1.16. The SMILES string of the molecule is Nc1nc2sccn2c1S(=O)(=O)N(CCO)C1CCCC1. The van der Waals surface area contributed by atoms with Gasteiger partial charge in [0.05, 0.1) is 6.61 Å². The number of hydrogen-bond acceptors (Lipinski definition) is 6. The molecule has 3 N–H and O–H groups in total. The van der Waals surface area contributed by atoms with Gasteiger partial charge in [0.15, 0.2) is 15.8 Å². The van der Waals surface area contributed by atoms with E-state index in [0.29, 0.717) is 4.96 Å². The molecule has 0 bridgehead atoms. The van der Waals surface area contributed by atoms with Crippen molar-refractivity contribution in [1.82, 2.24) is 13.7 Å². The molecular formula is C12H18N4O3S2. The second-order valence-corrected chi connectivity index (χ2v) is 7.81. The van der Waals surface area contributed by atoms with Gasteiger partial charge in [-0.3, -0.25) is 4.40 Å². The topological polar surface area (TPSA) is 101 Å². The second kappa shape index (κ2) is 5.56. The molecule has 0 spiro atoms. The zero-order chi connectivity index (χ0) is 15.0. The van der Waals surface area contributed by atoms with Crippen molar-refractivity contribution in [3.63, 3.8) is 0 Å². The minimum Gasteiger partial charge on any atom is -0.395 e. The lowest BCUT2D eigenvalue weighted by atomic mass is 10.2. The lowest BCUT2D eigenvalue weighted by Gasteiger charge is -2.27. The molecule has 2 heterocycles. The lowest BCUT2D eigenvalue weighted by molar-refractivity contribution is 0.226. The Kier molecular flexibility index (Phi) is 3.91. The highest BCUT2D eigenvalue weighted by molar-refractivity contribution is 7.89. The van der Waals surface area contributed by atoms with Gasteiger partial charge in [-0.25, -0.2) is 13.4 Å². The molecule has 2 aromatic heterocycles. The Morgan fingerprint density at radius 2 is 2.19 bits per heavy atom. The van der Waals surface area contributed by atoms with E-state index in [-0.39, 0.29) is 30.0 Å². The summed E-state index contributed by atoms with van der Waals surface area (Å²) in [6.07, 6.45) is 5.33. The third kappa shape index (κ3) is 2.44. The maximum absolute atomic E-state index is 13.0. The average molecular weight is 330 g/mol. The lowest BCUT2D eigenvalue weighted by Crippen LogP contribution is -2.41. The number of aliphatic hydroxyl groups excluding tert-OH is 1.